The predicted octanol–water partition coefficient (Wildman–Crippen LogP) is 5.23. The number of nitrogens with one attached hydrogen (secondary N) is 2. The first-order valence-corrected chi connectivity index (χ1v) is 16.3. The highest BCUT2D eigenvalue weighted by Gasteiger charge is 2.37. The molecule has 1 unspecified atom stereocenters. The number of rotatable bonds is 10. The maximum atomic E-state index is 13.6. The van der Waals surface area contributed by atoms with Gasteiger partial charge < -0.3 is 29.7 Å². The van der Waals surface area contributed by atoms with E-state index >= 15 is 0 Å². The molecule has 3 saturated heterocycles. The average Bonchev–Trinajstić information content (AvgIpc) is 3.01. The number of ether oxygens (including phenoxy) is 3. The van der Waals surface area contributed by atoms with Gasteiger partial charge in [0.2, 0.25) is 0 Å². The van der Waals surface area contributed by atoms with Crippen LogP contribution < -0.4 is 10.6 Å². The summed E-state index contributed by atoms with van der Waals surface area (Å²) in [5.74, 6) is 1.25. The van der Waals surface area contributed by atoms with E-state index in [4.69, 9.17) is 14.2 Å². The van der Waals surface area contributed by atoms with Gasteiger partial charge in [-0.1, -0.05) is 43.7 Å². The van der Waals surface area contributed by atoms with Gasteiger partial charge in [-0.25, -0.2) is 9.97 Å². The second kappa shape index (κ2) is 14.9. The molecule has 9 heteroatoms. The van der Waals surface area contributed by atoms with Crippen molar-refractivity contribution in [1.29, 1.82) is 0 Å². The van der Waals surface area contributed by atoms with E-state index in [1.54, 1.807) is 7.11 Å². The molecule has 3 aliphatic heterocycles. The first-order chi connectivity index (χ1) is 20.8. The fourth-order valence-corrected chi connectivity index (χ4v) is 6.86. The van der Waals surface area contributed by atoms with Crippen molar-refractivity contribution in [2.75, 3.05) is 38.7 Å². The minimum Gasteiger partial charge on any atom is -0.377 e. The number of carbonyl (C=O) groups is 1. The van der Waals surface area contributed by atoms with Gasteiger partial charge in [0.05, 0.1) is 24.4 Å². The molecule has 1 amide bonds. The molecular formula is C34H51N5O4. The summed E-state index contributed by atoms with van der Waals surface area (Å²) < 4.78 is 18.4. The molecular weight excluding hydrogens is 542 g/mol. The number of nitrogens with zero attached hydrogens (tertiary/aromatic N) is 3. The van der Waals surface area contributed by atoms with Crippen LogP contribution >= 0.6 is 0 Å². The Kier molecular flexibility index (Phi) is 11.0. The van der Waals surface area contributed by atoms with Crippen LogP contribution in [0.5, 0.6) is 0 Å². The van der Waals surface area contributed by atoms with E-state index in [2.05, 4.69) is 65.6 Å². The minimum absolute atomic E-state index is 0.0208. The van der Waals surface area contributed by atoms with E-state index < -0.39 is 0 Å². The van der Waals surface area contributed by atoms with Crippen LogP contribution in [-0.2, 0) is 14.2 Å². The molecule has 5 rings (SSSR count). The Hall–Kier alpha value is -2.59. The molecule has 0 bridgehead atoms. The summed E-state index contributed by atoms with van der Waals surface area (Å²) in [7, 11) is 1.79. The number of methoxy groups -OCH3 is 1. The quantitative estimate of drug-likeness (QED) is 0.387. The summed E-state index contributed by atoms with van der Waals surface area (Å²) in [6.45, 7) is 11.3. The van der Waals surface area contributed by atoms with Crippen LogP contribution in [0.3, 0.4) is 0 Å². The van der Waals surface area contributed by atoms with Crippen molar-refractivity contribution in [3.63, 3.8) is 0 Å². The summed E-state index contributed by atoms with van der Waals surface area (Å²) in [6, 6.07) is 9.26. The van der Waals surface area contributed by atoms with Crippen molar-refractivity contribution in [3.8, 4) is 0 Å². The van der Waals surface area contributed by atoms with Crippen molar-refractivity contribution in [1.82, 2.24) is 20.2 Å². The highest BCUT2D eigenvalue weighted by molar-refractivity contribution is 5.94. The third kappa shape index (κ3) is 8.12. The largest absolute Gasteiger partial charge is 0.377 e. The van der Waals surface area contributed by atoms with Gasteiger partial charge in [-0.15, -0.1) is 0 Å². The molecule has 1 aromatic carbocycles. The van der Waals surface area contributed by atoms with Gasteiger partial charge in [0.1, 0.15) is 17.8 Å². The number of piperidine rings is 1. The van der Waals surface area contributed by atoms with Crippen LogP contribution in [0.25, 0.3) is 0 Å². The van der Waals surface area contributed by atoms with Gasteiger partial charge >= 0.3 is 0 Å². The van der Waals surface area contributed by atoms with Crippen LogP contribution in [0.2, 0.25) is 0 Å². The van der Waals surface area contributed by atoms with E-state index in [0.29, 0.717) is 43.1 Å². The highest BCUT2D eigenvalue weighted by Crippen LogP contribution is 2.32. The molecule has 0 spiro atoms. The fraction of sp³-hybridized carbons (Fsp3) is 0.676. The van der Waals surface area contributed by atoms with Crippen molar-refractivity contribution in [2.45, 2.75) is 109 Å². The van der Waals surface area contributed by atoms with Gasteiger partial charge in [0, 0.05) is 51.0 Å². The van der Waals surface area contributed by atoms with Crippen molar-refractivity contribution in [3.05, 3.63) is 53.0 Å². The Bertz CT molecular complexity index is 1180. The van der Waals surface area contributed by atoms with Gasteiger partial charge in [-0.05, 0) is 70.3 Å². The first kappa shape index (κ1) is 31.8. The molecule has 5 atom stereocenters. The second-order valence-corrected chi connectivity index (χ2v) is 13.0. The van der Waals surface area contributed by atoms with E-state index in [1.165, 1.54) is 17.5 Å². The third-order valence-corrected chi connectivity index (χ3v) is 9.31. The zero-order valence-corrected chi connectivity index (χ0v) is 26.7. The molecule has 3 aliphatic rings. The number of aryl methyl sites for hydroxylation is 1. The Morgan fingerprint density at radius 3 is 2.56 bits per heavy atom. The van der Waals surface area contributed by atoms with Gasteiger partial charge in [0.25, 0.3) is 5.91 Å². The molecule has 0 radical (unpaired) electrons. The number of aromatic nitrogens is 2. The van der Waals surface area contributed by atoms with Crippen LogP contribution in [-0.4, -0.2) is 84.5 Å². The molecule has 2 aromatic rings. The maximum absolute atomic E-state index is 13.6. The molecule has 2 N–H and O–H groups in total. The highest BCUT2D eigenvalue weighted by atomic mass is 16.5. The standard InChI is InChI=1S/C34H51N5O4/c1-22(2)19-30-32(41-5)28(15-18-42-30)38-26-13-16-39(17-14-26)34(40)31-24(4)33(37-21-36-31)35-20-27-7-6-8-29(43-27)25-11-9-23(3)10-12-25/h9-12,21-22,26-30,32,38H,6-8,13-20H2,1-5H3,(H,35,36,37)/t27-,28-,29+,30?,32-/m1/s1. The normalized spacial score (nSPS) is 26.9. The van der Waals surface area contributed by atoms with Gasteiger partial charge in [0.15, 0.2) is 0 Å². The summed E-state index contributed by atoms with van der Waals surface area (Å²) >= 11 is 0. The van der Waals surface area contributed by atoms with Crippen LogP contribution in [0.4, 0.5) is 5.82 Å². The monoisotopic (exact) mass is 593 g/mol. The molecule has 0 saturated carbocycles. The SMILES string of the molecule is CO[C@H]1C(CC(C)C)OCC[C@H]1NC1CCN(C(=O)c2ncnc(NC[C@H]3CCC[C@@H](c4ccc(C)cc4)O3)c2C)CC1. The van der Waals surface area contributed by atoms with Crippen LogP contribution in [0.15, 0.2) is 30.6 Å². The number of carbonyl (C=O) groups excluding carboxylic acids is 1. The van der Waals surface area contributed by atoms with Gasteiger partial charge in [-0.3, -0.25) is 4.79 Å². The third-order valence-electron chi connectivity index (χ3n) is 9.31. The summed E-state index contributed by atoms with van der Waals surface area (Å²) in [5.41, 5.74) is 3.77. The lowest BCUT2D eigenvalue weighted by Gasteiger charge is -2.41. The molecule has 4 heterocycles. The van der Waals surface area contributed by atoms with Crippen molar-refractivity contribution in [2.24, 2.45) is 5.92 Å². The van der Waals surface area contributed by atoms with E-state index in [0.717, 1.165) is 57.1 Å². The molecule has 0 aliphatic carbocycles. The molecule has 9 nitrogen and oxygen atoms in total. The minimum atomic E-state index is -0.0208. The number of hydrogen-bond donors (Lipinski definition) is 2. The van der Waals surface area contributed by atoms with E-state index in [-0.39, 0.29) is 36.4 Å². The van der Waals surface area contributed by atoms with E-state index in [1.807, 2.05) is 11.8 Å². The molecule has 1 aromatic heterocycles. The Balaban J connectivity index is 1.12. The number of likely N-dealkylation sites (tertiary alicyclic amines) is 1. The Labute approximate surface area is 257 Å². The maximum Gasteiger partial charge on any atom is 0.272 e. The number of benzene rings is 1. The van der Waals surface area contributed by atoms with Crippen molar-refractivity contribution < 1.29 is 19.0 Å². The van der Waals surface area contributed by atoms with Crippen LogP contribution in [0, 0.1) is 19.8 Å². The molecule has 236 valence electrons. The number of hydrogen-bond acceptors (Lipinski definition) is 8. The molecule has 3 fully saturated rings. The summed E-state index contributed by atoms with van der Waals surface area (Å²) in [5, 5.41) is 7.32. The zero-order valence-electron chi connectivity index (χ0n) is 26.7. The number of amides is 1. The lowest BCUT2D eigenvalue weighted by atomic mass is 9.91. The Morgan fingerprint density at radius 1 is 1.07 bits per heavy atom. The van der Waals surface area contributed by atoms with Crippen molar-refractivity contribution >= 4 is 11.7 Å². The van der Waals surface area contributed by atoms with E-state index in [9.17, 15) is 4.79 Å². The first-order valence-electron chi connectivity index (χ1n) is 16.3. The summed E-state index contributed by atoms with van der Waals surface area (Å²) in [4.78, 5) is 24.4. The smallest absolute Gasteiger partial charge is 0.272 e. The summed E-state index contributed by atoms with van der Waals surface area (Å²) in [6.07, 6.45) is 8.82. The predicted molar refractivity (Wildman–Crippen MR) is 168 cm³/mol. The van der Waals surface area contributed by atoms with Crippen LogP contribution in [0.1, 0.15) is 92.1 Å². The fourth-order valence-electron chi connectivity index (χ4n) is 6.86. The Morgan fingerprint density at radius 2 is 1.84 bits per heavy atom. The molecule has 43 heavy (non-hydrogen) atoms. The average molecular weight is 594 g/mol. The zero-order chi connectivity index (χ0) is 30.3. The van der Waals surface area contributed by atoms with Gasteiger partial charge in [-0.2, -0.15) is 0 Å². The number of anilines is 1. The lowest BCUT2D eigenvalue weighted by Crippen LogP contribution is -2.57. The topological polar surface area (TPSA) is 97.8 Å². The second-order valence-electron chi connectivity index (χ2n) is 13.0. The lowest BCUT2D eigenvalue weighted by molar-refractivity contribution is -0.115.